The lowest BCUT2D eigenvalue weighted by molar-refractivity contribution is 0.0319. The summed E-state index contributed by atoms with van der Waals surface area (Å²) >= 11 is 1.41. The van der Waals surface area contributed by atoms with Gasteiger partial charge in [-0.2, -0.15) is 0 Å². The SMILES string of the molecule is Cc1ccc(S(=O)(=O)NC(C)(C)C)cc1C(=O)OC(C)c1nc2sc(C)c(C)c2c(=O)[nH]1. The minimum Gasteiger partial charge on any atom is -0.451 e. The van der Waals surface area contributed by atoms with Gasteiger partial charge in [-0.05, 0) is 71.7 Å². The zero-order valence-corrected chi connectivity index (χ0v) is 20.7. The van der Waals surface area contributed by atoms with E-state index in [2.05, 4.69) is 14.7 Å². The summed E-state index contributed by atoms with van der Waals surface area (Å²) in [5.41, 5.74) is 0.617. The van der Waals surface area contributed by atoms with E-state index in [-0.39, 0.29) is 21.8 Å². The quantitative estimate of drug-likeness (QED) is 0.538. The molecule has 3 aromatic rings. The predicted octanol–water partition coefficient (Wildman–Crippen LogP) is 3.90. The van der Waals surface area contributed by atoms with Crippen molar-refractivity contribution in [1.29, 1.82) is 0 Å². The number of carbonyl (C=O) groups excluding carboxylic acids is 1. The van der Waals surface area contributed by atoms with Crippen molar-refractivity contribution in [3.8, 4) is 0 Å². The second-order valence-corrected chi connectivity index (χ2v) is 11.7. The molecule has 2 aromatic heterocycles. The number of rotatable bonds is 5. The van der Waals surface area contributed by atoms with Gasteiger partial charge in [-0.3, -0.25) is 4.79 Å². The molecule has 0 saturated heterocycles. The highest BCUT2D eigenvalue weighted by Gasteiger charge is 2.25. The molecule has 1 aromatic carbocycles. The molecule has 0 aliphatic rings. The van der Waals surface area contributed by atoms with Crippen molar-refractivity contribution < 1.29 is 17.9 Å². The van der Waals surface area contributed by atoms with Crippen LogP contribution in [0.4, 0.5) is 0 Å². The summed E-state index contributed by atoms with van der Waals surface area (Å²) in [6, 6.07) is 4.30. The fraction of sp³-hybridized carbons (Fsp3) is 0.409. The summed E-state index contributed by atoms with van der Waals surface area (Å²) in [6.07, 6.45) is -0.838. The van der Waals surface area contributed by atoms with Crippen LogP contribution in [0.1, 0.15) is 66.0 Å². The molecule has 172 valence electrons. The molecule has 1 atom stereocenters. The number of nitrogens with one attached hydrogen (secondary N) is 2. The summed E-state index contributed by atoms with van der Waals surface area (Å²) in [5.74, 6) is -0.475. The maximum atomic E-state index is 12.9. The van der Waals surface area contributed by atoms with Crippen LogP contribution in [-0.4, -0.2) is 29.9 Å². The van der Waals surface area contributed by atoms with E-state index in [9.17, 15) is 18.0 Å². The summed E-state index contributed by atoms with van der Waals surface area (Å²) in [4.78, 5) is 34.1. The van der Waals surface area contributed by atoms with E-state index in [1.54, 1.807) is 40.7 Å². The monoisotopic (exact) mass is 477 g/mol. The molecule has 0 spiro atoms. The van der Waals surface area contributed by atoms with Gasteiger partial charge in [-0.15, -0.1) is 11.3 Å². The van der Waals surface area contributed by atoms with Gasteiger partial charge >= 0.3 is 5.97 Å². The van der Waals surface area contributed by atoms with Crippen LogP contribution in [0.25, 0.3) is 10.2 Å². The number of thiophene rings is 1. The zero-order chi connectivity index (χ0) is 24.0. The lowest BCUT2D eigenvalue weighted by Gasteiger charge is -2.21. The first-order chi connectivity index (χ1) is 14.7. The number of hydrogen-bond acceptors (Lipinski definition) is 7. The second-order valence-electron chi connectivity index (χ2n) is 8.79. The molecule has 0 saturated carbocycles. The highest BCUT2D eigenvalue weighted by molar-refractivity contribution is 7.89. The number of hydrogen-bond donors (Lipinski definition) is 2. The molecule has 0 bridgehead atoms. The Bertz CT molecular complexity index is 1360. The van der Waals surface area contributed by atoms with Crippen LogP contribution in [0, 0.1) is 20.8 Å². The van der Waals surface area contributed by atoms with Gasteiger partial charge in [0.25, 0.3) is 5.56 Å². The van der Waals surface area contributed by atoms with Gasteiger partial charge in [0.15, 0.2) is 11.9 Å². The van der Waals surface area contributed by atoms with Gasteiger partial charge in [-0.1, -0.05) is 6.07 Å². The minimum atomic E-state index is -3.82. The smallest absolute Gasteiger partial charge is 0.339 e. The largest absolute Gasteiger partial charge is 0.451 e. The number of nitrogens with zero attached hydrogens (tertiary/aromatic N) is 1. The zero-order valence-electron chi connectivity index (χ0n) is 19.1. The maximum absolute atomic E-state index is 12.9. The van der Waals surface area contributed by atoms with Crippen LogP contribution in [0.5, 0.6) is 0 Å². The molecular formula is C22H27N3O5S2. The number of aryl methyl sites for hydroxylation is 3. The van der Waals surface area contributed by atoms with Crippen molar-refractivity contribution in [3.05, 3.63) is 55.9 Å². The van der Waals surface area contributed by atoms with Crippen LogP contribution >= 0.6 is 11.3 Å². The maximum Gasteiger partial charge on any atom is 0.339 e. The molecular weight excluding hydrogens is 450 g/mol. The Hall–Kier alpha value is -2.56. The van der Waals surface area contributed by atoms with Crippen molar-refractivity contribution in [3.63, 3.8) is 0 Å². The number of carbonyl (C=O) groups is 1. The van der Waals surface area contributed by atoms with E-state index in [0.29, 0.717) is 15.8 Å². The summed E-state index contributed by atoms with van der Waals surface area (Å²) in [5, 5.41) is 0.537. The average Bonchev–Trinajstić information content (AvgIpc) is 2.94. The van der Waals surface area contributed by atoms with Crippen LogP contribution in [-0.2, 0) is 14.8 Å². The number of H-pyrrole nitrogens is 1. The van der Waals surface area contributed by atoms with Crippen LogP contribution in [0.3, 0.4) is 0 Å². The fourth-order valence-corrected chi connectivity index (χ4v) is 5.68. The number of esters is 1. The molecule has 0 radical (unpaired) electrons. The van der Waals surface area contributed by atoms with E-state index in [4.69, 9.17) is 4.74 Å². The molecule has 2 heterocycles. The fourth-order valence-electron chi connectivity index (χ4n) is 3.19. The van der Waals surface area contributed by atoms with E-state index >= 15 is 0 Å². The first-order valence-corrected chi connectivity index (χ1v) is 12.3. The van der Waals surface area contributed by atoms with Crippen molar-refractivity contribution in [2.24, 2.45) is 0 Å². The molecule has 0 amide bonds. The standard InChI is InChI=1S/C22H27N3O5S2/c1-11-8-9-15(32(28,29)25-22(5,6)7)10-16(11)21(27)30-13(3)18-23-19(26)17-12(2)14(4)31-20(17)24-18/h8-10,13,25H,1-7H3,(H,23,24,26). The molecule has 10 heteroatoms. The second kappa shape index (κ2) is 8.42. The molecule has 0 aliphatic heterocycles. The lowest BCUT2D eigenvalue weighted by atomic mass is 10.1. The Morgan fingerprint density at radius 2 is 1.88 bits per heavy atom. The number of ether oxygens (including phenoxy) is 1. The van der Waals surface area contributed by atoms with Crippen LogP contribution < -0.4 is 10.3 Å². The molecule has 0 aliphatic carbocycles. The molecule has 3 rings (SSSR count). The van der Waals surface area contributed by atoms with E-state index < -0.39 is 27.6 Å². The van der Waals surface area contributed by atoms with Gasteiger partial charge in [0.05, 0.1) is 15.8 Å². The Balaban J connectivity index is 1.90. The summed E-state index contributed by atoms with van der Waals surface area (Å²) < 4.78 is 33.4. The summed E-state index contributed by atoms with van der Waals surface area (Å²) in [6.45, 7) is 12.3. The van der Waals surface area contributed by atoms with Crippen LogP contribution in [0.2, 0.25) is 0 Å². The first kappa shape index (κ1) is 24.1. The van der Waals surface area contributed by atoms with E-state index in [1.165, 1.54) is 23.5 Å². The van der Waals surface area contributed by atoms with E-state index in [1.807, 2.05) is 13.8 Å². The first-order valence-electron chi connectivity index (χ1n) is 10.0. The number of benzene rings is 1. The third-order valence-corrected chi connectivity index (χ3v) is 7.76. The highest BCUT2D eigenvalue weighted by atomic mass is 32.2. The molecule has 32 heavy (non-hydrogen) atoms. The van der Waals surface area contributed by atoms with Gasteiger partial charge in [0, 0.05) is 10.4 Å². The van der Waals surface area contributed by atoms with Gasteiger partial charge in [0.2, 0.25) is 10.0 Å². The van der Waals surface area contributed by atoms with Gasteiger partial charge < -0.3 is 9.72 Å². The summed E-state index contributed by atoms with van der Waals surface area (Å²) in [7, 11) is -3.82. The van der Waals surface area contributed by atoms with E-state index in [0.717, 1.165) is 10.4 Å². The molecule has 2 N–H and O–H groups in total. The van der Waals surface area contributed by atoms with Crippen molar-refractivity contribution >= 4 is 37.5 Å². The number of sulfonamides is 1. The van der Waals surface area contributed by atoms with Crippen molar-refractivity contribution in [2.75, 3.05) is 0 Å². The number of fused-ring (bicyclic) bond motifs is 1. The number of aromatic nitrogens is 2. The Labute approximate surface area is 191 Å². The topological polar surface area (TPSA) is 118 Å². The Morgan fingerprint density at radius 1 is 1.22 bits per heavy atom. The Kier molecular flexibility index (Phi) is 6.34. The third-order valence-electron chi connectivity index (χ3n) is 4.91. The molecule has 0 fully saturated rings. The minimum absolute atomic E-state index is 0.0323. The average molecular weight is 478 g/mol. The van der Waals surface area contributed by atoms with Gasteiger partial charge in [0.1, 0.15) is 4.83 Å². The lowest BCUT2D eigenvalue weighted by Crippen LogP contribution is -2.40. The number of aromatic amines is 1. The normalized spacial score (nSPS) is 13.3. The molecule has 1 unspecified atom stereocenters. The van der Waals surface area contributed by atoms with Gasteiger partial charge in [-0.25, -0.2) is 22.9 Å². The molecule has 8 nitrogen and oxygen atoms in total. The van der Waals surface area contributed by atoms with Crippen molar-refractivity contribution in [1.82, 2.24) is 14.7 Å². The Morgan fingerprint density at radius 3 is 2.50 bits per heavy atom. The highest BCUT2D eigenvalue weighted by Crippen LogP contribution is 2.27. The van der Waals surface area contributed by atoms with Crippen LogP contribution in [0.15, 0.2) is 27.9 Å². The predicted molar refractivity (Wildman–Crippen MR) is 125 cm³/mol. The van der Waals surface area contributed by atoms with Crippen molar-refractivity contribution in [2.45, 2.75) is 65.0 Å². The third kappa shape index (κ3) is 4.92.